The number of hydrogen-bond acceptors (Lipinski definition) is 2. The monoisotopic (exact) mass is 356 g/mol. The van der Waals surface area contributed by atoms with Gasteiger partial charge < -0.3 is 10.2 Å². The quantitative estimate of drug-likeness (QED) is 0.818. The normalized spacial score (nSPS) is 15.9. The van der Waals surface area contributed by atoms with Crippen molar-refractivity contribution < 1.29 is 4.79 Å². The fourth-order valence-corrected chi connectivity index (χ4v) is 3.60. The van der Waals surface area contributed by atoms with Crippen LogP contribution in [0, 0.1) is 5.92 Å². The standard InChI is InChI=1S/C21H25ClN2O/c22-19-7-4-8-20(16-19)23-21(25)11-14-24-12-9-18(10-13-24)15-17-5-2-1-3-6-17/h1-8,16,18H,9-15H2,(H,23,25). The maximum absolute atomic E-state index is 12.1. The summed E-state index contributed by atoms with van der Waals surface area (Å²) in [7, 11) is 0. The average Bonchev–Trinajstić information content (AvgIpc) is 2.62. The molecule has 4 heteroatoms. The van der Waals surface area contributed by atoms with E-state index in [0.717, 1.165) is 31.2 Å². The van der Waals surface area contributed by atoms with Gasteiger partial charge in [0.15, 0.2) is 0 Å². The number of nitrogens with one attached hydrogen (secondary N) is 1. The summed E-state index contributed by atoms with van der Waals surface area (Å²) in [5.41, 5.74) is 2.20. The largest absolute Gasteiger partial charge is 0.326 e. The molecule has 0 radical (unpaired) electrons. The molecule has 25 heavy (non-hydrogen) atoms. The third kappa shape index (κ3) is 5.87. The van der Waals surface area contributed by atoms with Gasteiger partial charge in [-0.25, -0.2) is 0 Å². The van der Waals surface area contributed by atoms with E-state index >= 15 is 0 Å². The molecule has 1 aliphatic rings. The Morgan fingerprint density at radius 1 is 1.08 bits per heavy atom. The highest BCUT2D eigenvalue weighted by Crippen LogP contribution is 2.22. The lowest BCUT2D eigenvalue weighted by Crippen LogP contribution is -2.36. The summed E-state index contributed by atoms with van der Waals surface area (Å²) < 4.78 is 0. The van der Waals surface area contributed by atoms with E-state index in [-0.39, 0.29) is 5.91 Å². The minimum atomic E-state index is 0.0497. The molecule has 0 unspecified atom stereocenters. The molecule has 3 nitrogen and oxygen atoms in total. The molecule has 2 aromatic rings. The first-order chi connectivity index (χ1) is 12.2. The molecule has 132 valence electrons. The number of benzene rings is 2. The molecule has 0 saturated carbocycles. The molecule has 1 heterocycles. The highest BCUT2D eigenvalue weighted by atomic mass is 35.5. The van der Waals surface area contributed by atoms with Gasteiger partial charge in [-0.3, -0.25) is 4.79 Å². The number of amides is 1. The Bertz CT molecular complexity index is 681. The van der Waals surface area contributed by atoms with Crippen LogP contribution in [0.1, 0.15) is 24.8 Å². The fourth-order valence-electron chi connectivity index (χ4n) is 3.41. The second-order valence-corrected chi connectivity index (χ2v) is 7.22. The van der Waals surface area contributed by atoms with Crippen molar-refractivity contribution in [1.29, 1.82) is 0 Å². The Kier molecular flexibility index (Phi) is 6.48. The summed E-state index contributed by atoms with van der Waals surface area (Å²) in [5.74, 6) is 0.813. The lowest BCUT2D eigenvalue weighted by Gasteiger charge is -2.31. The van der Waals surface area contributed by atoms with E-state index in [2.05, 4.69) is 40.5 Å². The molecule has 2 aromatic carbocycles. The lowest BCUT2D eigenvalue weighted by atomic mass is 9.90. The Morgan fingerprint density at radius 2 is 1.84 bits per heavy atom. The molecule has 0 bridgehead atoms. The highest BCUT2D eigenvalue weighted by Gasteiger charge is 2.19. The molecular weight excluding hydrogens is 332 g/mol. The van der Waals surface area contributed by atoms with Gasteiger partial charge in [-0.1, -0.05) is 48.0 Å². The zero-order chi connectivity index (χ0) is 17.5. The van der Waals surface area contributed by atoms with Crippen molar-refractivity contribution in [3.63, 3.8) is 0 Å². The van der Waals surface area contributed by atoms with Gasteiger partial charge in [-0.05, 0) is 62.0 Å². The lowest BCUT2D eigenvalue weighted by molar-refractivity contribution is -0.116. The van der Waals surface area contributed by atoms with E-state index < -0.39 is 0 Å². The van der Waals surface area contributed by atoms with Crippen LogP contribution in [0.5, 0.6) is 0 Å². The van der Waals surface area contributed by atoms with Gasteiger partial charge in [0.1, 0.15) is 0 Å². The van der Waals surface area contributed by atoms with Crippen molar-refractivity contribution in [1.82, 2.24) is 4.90 Å². The highest BCUT2D eigenvalue weighted by molar-refractivity contribution is 6.30. The molecule has 1 N–H and O–H groups in total. The number of anilines is 1. The second kappa shape index (κ2) is 9.02. The third-order valence-electron chi connectivity index (χ3n) is 4.84. The van der Waals surface area contributed by atoms with Crippen LogP contribution in [0.4, 0.5) is 5.69 Å². The number of hydrogen-bond donors (Lipinski definition) is 1. The van der Waals surface area contributed by atoms with Crippen LogP contribution >= 0.6 is 11.6 Å². The van der Waals surface area contributed by atoms with Crippen molar-refractivity contribution >= 4 is 23.2 Å². The maximum Gasteiger partial charge on any atom is 0.225 e. The topological polar surface area (TPSA) is 32.3 Å². The Morgan fingerprint density at radius 3 is 2.56 bits per heavy atom. The van der Waals surface area contributed by atoms with Crippen LogP contribution in [0.3, 0.4) is 0 Å². The van der Waals surface area contributed by atoms with Crippen molar-refractivity contribution in [3.8, 4) is 0 Å². The second-order valence-electron chi connectivity index (χ2n) is 6.78. The molecule has 3 rings (SSSR count). The zero-order valence-corrected chi connectivity index (χ0v) is 15.2. The smallest absolute Gasteiger partial charge is 0.225 e. The number of carbonyl (C=O) groups is 1. The van der Waals surface area contributed by atoms with Crippen LogP contribution in [0.25, 0.3) is 0 Å². The van der Waals surface area contributed by atoms with Crippen molar-refractivity contribution in [3.05, 3.63) is 65.2 Å². The predicted molar refractivity (Wildman–Crippen MR) is 104 cm³/mol. The van der Waals surface area contributed by atoms with E-state index in [1.165, 1.54) is 24.8 Å². The molecule has 1 amide bonds. The van der Waals surface area contributed by atoms with Gasteiger partial charge in [0.25, 0.3) is 0 Å². The number of halogens is 1. The Labute approximate surface area is 155 Å². The molecule has 1 fully saturated rings. The van der Waals surface area contributed by atoms with Crippen LogP contribution in [-0.4, -0.2) is 30.4 Å². The van der Waals surface area contributed by atoms with Crippen molar-refractivity contribution in [2.24, 2.45) is 5.92 Å². The van der Waals surface area contributed by atoms with E-state index in [4.69, 9.17) is 11.6 Å². The molecule has 0 spiro atoms. The number of likely N-dealkylation sites (tertiary alicyclic amines) is 1. The average molecular weight is 357 g/mol. The van der Waals surface area contributed by atoms with Crippen molar-refractivity contribution in [2.45, 2.75) is 25.7 Å². The SMILES string of the molecule is O=C(CCN1CCC(Cc2ccccc2)CC1)Nc1cccc(Cl)c1. The minimum Gasteiger partial charge on any atom is -0.326 e. The van der Waals surface area contributed by atoms with Gasteiger partial charge in [0, 0.05) is 23.7 Å². The molecule has 1 saturated heterocycles. The summed E-state index contributed by atoms with van der Waals surface area (Å²) in [6, 6.07) is 18.0. The van der Waals surface area contributed by atoms with Crippen LogP contribution in [-0.2, 0) is 11.2 Å². The maximum atomic E-state index is 12.1. The van der Waals surface area contributed by atoms with Crippen LogP contribution in [0.2, 0.25) is 5.02 Å². The first kappa shape index (κ1) is 18.0. The number of piperidine rings is 1. The first-order valence-electron chi connectivity index (χ1n) is 9.01. The van der Waals surface area contributed by atoms with E-state index in [1.807, 2.05) is 12.1 Å². The molecule has 0 atom stereocenters. The van der Waals surface area contributed by atoms with Gasteiger partial charge in [-0.2, -0.15) is 0 Å². The Hall–Kier alpha value is -1.84. The summed E-state index contributed by atoms with van der Waals surface area (Å²) >= 11 is 5.94. The molecular formula is C21H25ClN2O. The van der Waals surface area contributed by atoms with E-state index in [0.29, 0.717) is 11.4 Å². The summed E-state index contributed by atoms with van der Waals surface area (Å²) in [6.07, 6.45) is 4.12. The van der Waals surface area contributed by atoms with Crippen LogP contribution < -0.4 is 5.32 Å². The fraction of sp³-hybridized carbons (Fsp3) is 0.381. The molecule has 1 aliphatic heterocycles. The summed E-state index contributed by atoms with van der Waals surface area (Å²) in [5, 5.41) is 3.55. The van der Waals surface area contributed by atoms with Gasteiger partial charge in [0.2, 0.25) is 5.91 Å². The van der Waals surface area contributed by atoms with Gasteiger partial charge >= 0.3 is 0 Å². The minimum absolute atomic E-state index is 0.0497. The summed E-state index contributed by atoms with van der Waals surface area (Å²) in [4.78, 5) is 14.5. The van der Waals surface area contributed by atoms with Crippen molar-refractivity contribution in [2.75, 3.05) is 25.0 Å². The molecule has 0 aromatic heterocycles. The van der Waals surface area contributed by atoms with E-state index in [9.17, 15) is 4.79 Å². The van der Waals surface area contributed by atoms with E-state index in [1.54, 1.807) is 12.1 Å². The van der Waals surface area contributed by atoms with Crippen LogP contribution in [0.15, 0.2) is 54.6 Å². The Balaban J connectivity index is 1.37. The summed E-state index contributed by atoms with van der Waals surface area (Å²) in [6.45, 7) is 2.99. The number of nitrogens with zero attached hydrogens (tertiary/aromatic N) is 1. The number of rotatable bonds is 6. The zero-order valence-electron chi connectivity index (χ0n) is 14.5. The molecule has 0 aliphatic carbocycles. The number of carbonyl (C=O) groups excluding carboxylic acids is 1. The first-order valence-corrected chi connectivity index (χ1v) is 9.38. The predicted octanol–water partition coefficient (Wildman–Crippen LogP) is 4.62. The third-order valence-corrected chi connectivity index (χ3v) is 5.07. The van der Waals surface area contributed by atoms with Gasteiger partial charge in [-0.15, -0.1) is 0 Å². The van der Waals surface area contributed by atoms with Gasteiger partial charge in [0.05, 0.1) is 0 Å².